The van der Waals surface area contributed by atoms with Crippen molar-refractivity contribution in [2.24, 2.45) is 0 Å². The minimum atomic E-state index is -0.356. The molecule has 2 aromatic heterocycles. The number of fused-ring (bicyclic) bond motifs is 1. The molecule has 0 radical (unpaired) electrons. The predicted octanol–water partition coefficient (Wildman–Crippen LogP) is 1.72. The van der Waals surface area contributed by atoms with E-state index in [-0.39, 0.29) is 5.91 Å². The minimum Gasteiger partial charge on any atom is -0.468 e. The van der Waals surface area contributed by atoms with Crippen LogP contribution < -0.4 is 9.57 Å². The maximum Gasteiger partial charge on any atom is 0.299 e. The van der Waals surface area contributed by atoms with Gasteiger partial charge in [0.05, 0.1) is 32.2 Å². The Morgan fingerprint density at radius 2 is 1.97 bits per heavy atom. The highest BCUT2D eigenvalue weighted by Crippen LogP contribution is 2.23. The smallest absolute Gasteiger partial charge is 0.299 e. The number of carbonyl (C=O) groups excluding carboxylic acids is 1. The van der Waals surface area contributed by atoms with Gasteiger partial charge in [0.1, 0.15) is 0 Å². The molecule has 9 nitrogen and oxygen atoms in total. The number of hydrogen-bond donors (Lipinski definition) is 1. The van der Waals surface area contributed by atoms with Crippen LogP contribution in [0.5, 0.6) is 6.01 Å². The number of rotatable bonds is 6. The number of amides is 1. The Kier molecular flexibility index (Phi) is 5.89. The highest BCUT2D eigenvalue weighted by molar-refractivity contribution is 6.24. The molecule has 0 atom stereocenters. The van der Waals surface area contributed by atoms with Crippen LogP contribution in [0.25, 0.3) is 22.6 Å². The Labute approximate surface area is 172 Å². The number of nitrogens with one attached hydrogen (secondary N) is 1. The fraction of sp³-hybridized carbons (Fsp3) is 0.368. The molecule has 1 N–H and O–H groups in total. The maximum atomic E-state index is 11.6. The third-order valence-electron chi connectivity index (χ3n) is 4.88. The van der Waals surface area contributed by atoms with Crippen molar-refractivity contribution in [1.29, 1.82) is 0 Å². The number of imidazole rings is 1. The number of benzene rings is 1. The summed E-state index contributed by atoms with van der Waals surface area (Å²) in [6.07, 6.45) is 1.66. The Balaban J connectivity index is 1.62. The largest absolute Gasteiger partial charge is 0.468 e. The van der Waals surface area contributed by atoms with Gasteiger partial charge in [0.2, 0.25) is 5.65 Å². The van der Waals surface area contributed by atoms with E-state index in [0.29, 0.717) is 35.1 Å². The van der Waals surface area contributed by atoms with Gasteiger partial charge >= 0.3 is 0 Å². The van der Waals surface area contributed by atoms with Gasteiger partial charge in [0, 0.05) is 49.1 Å². The maximum absolute atomic E-state index is 11.6. The molecule has 1 amide bonds. The van der Waals surface area contributed by atoms with E-state index >= 15 is 0 Å². The summed E-state index contributed by atoms with van der Waals surface area (Å²) in [6.45, 7) is 4.86. The lowest BCUT2D eigenvalue weighted by Gasteiger charge is -2.26. The summed E-state index contributed by atoms with van der Waals surface area (Å²) in [7, 11) is 1.59. The number of aromatic nitrogens is 4. The second kappa shape index (κ2) is 8.73. The predicted molar refractivity (Wildman–Crippen MR) is 108 cm³/mol. The fourth-order valence-corrected chi connectivity index (χ4v) is 3.39. The van der Waals surface area contributed by atoms with E-state index in [4.69, 9.17) is 26.2 Å². The molecule has 3 heterocycles. The molecule has 3 aromatic rings. The molecule has 0 saturated carbocycles. The normalized spacial score (nSPS) is 14.8. The van der Waals surface area contributed by atoms with E-state index in [1.54, 1.807) is 25.4 Å². The number of morpholine rings is 1. The lowest BCUT2D eigenvalue weighted by Crippen LogP contribution is -2.38. The van der Waals surface area contributed by atoms with Crippen LogP contribution in [0.15, 0.2) is 30.5 Å². The molecule has 0 bridgehead atoms. The van der Waals surface area contributed by atoms with E-state index in [9.17, 15) is 4.79 Å². The number of carbonyl (C=O) groups is 1. The van der Waals surface area contributed by atoms with Gasteiger partial charge in [-0.2, -0.15) is 4.98 Å². The van der Waals surface area contributed by atoms with Gasteiger partial charge in [-0.3, -0.25) is 19.1 Å². The number of halogens is 1. The zero-order valence-corrected chi connectivity index (χ0v) is 16.7. The van der Waals surface area contributed by atoms with Crippen LogP contribution >= 0.6 is 11.8 Å². The highest BCUT2D eigenvalue weighted by Gasteiger charge is 2.17. The molecule has 0 unspecified atom stereocenters. The van der Waals surface area contributed by atoms with Crippen LogP contribution in [-0.2, 0) is 11.3 Å². The van der Waals surface area contributed by atoms with E-state index in [2.05, 4.69) is 19.7 Å². The monoisotopic (exact) mass is 416 g/mol. The molecule has 1 fully saturated rings. The summed E-state index contributed by atoms with van der Waals surface area (Å²) in [6, 6.07) is 7.48. The zero-order chi connectivity index (χ0) is 20.2. The summed E-state index contributed by atoms with van der Waals surface area (Å²) >= 11 is 5.37. The molecule has 29 heavy (non-hydrogen) atoms. The Hall–Kier alpha value is -2.75. The molecule has 10 heteroatoms. The SMILES string of the molecule is COc1nc2ncc(-c3ccc(C(=O)NCl)cc3)nc2n1CCN1CCOCC1. The second-order valence-electron chi connectivity index (χ2n) is 6.61. The third kappa shape index (κ3) is 4.16. The van der Waals surface area contributed by atoms with Crippen molar-refractivity contribution in [2.75, 3.05) is 40.0 Å². The molecule has 1 aromatic carbocycles. The van der Waals surface area contributed by atoms with E-state index < -0.39 is 0 Å². The number of ether oxygens (including phenoxy) is 2. The summed E-state index contributed by atoms with van der Waals surface area (Å²) in [5, 5.41) is 0. The lowest BCUT2D eigenvalue weighted by atomic mass is 10.1. The van der Waals surface area contributed by atoms with Crippen LogP contribution in [0.4, 0.5) is 0 Å². The molecule has 1 aliphatic heterocycles. The molecule has 0 aliphatic carbocycles. The van der Waals surface area contributed by atoms with E-state index in [1.165, 1.54) is 0 Å². The van der Waals surface area contributed by atoms with Gasteiger partial charge in [-0.15, -0.1) is 0 Å². The summed E-state index contributed by atoms with van der Waals surface area (Å²) < 4.78 is 12.8. The van der Waals surface area contributed by atoms with Gasteiger partial charge in [-0.05, 0) is 12.1 Å². The van der Waals surface area contributed by atoms with Crippen molar-refractivity contribution in [1.82, 2.24) is 29.3 Å². The topological polar surface area (TPSA) is 94.4 Å². The number of hydrogen-bond acceptors (Lipinski definition) is 7. The van der Waals surface area contributed by atoms with Crippen molar-refractivity contribution in [3.8, 4) is 17.3 Å². The molecular weight excluding hydrogens is 396 g/mol. The van der Waals surface area contributed by atoms with Gasteiger partial charge in [0.15, 0.2) is 5.65 Å². The van der Waals surface area contributed by atoms with Crippen LogP contribution in [0.2, 0.25) is 0 Å². The quantitative estimate of drug-likeness (QED) is 0.611. The average Bonchev–Trinajstić information content (AvgIpc) is 3.14. The van der Waals surface area contributed by atoms with Crippen LogP contribution in [0.3, 0.4) is 0 Å². The van der Waals surface area contributed by atoms with Crippen molar-refractivity contribution in [3.63, 3.8) is 0 Å². The van der Waals surface area contributed by atoms with Crippen LogP contribution in [-0.4, -0.2) is 70.3 Å². The van der Waals surface area contributed by atoms with Gasteiger partial charge in [0.25, 0.3) is 11.9 Å². The Morgan fingerprint density at radius 1 is 1.21 bits per heavy atom. The van der Waals surface area contributed by atoms with Crippen molar-refractivity contribution < 1.29 is 14.3 Å². The second-order valence-corrected chi connectivity index (χ2v) is 6.80. The molecule has 1 aliphatic rings. The van der Waals surface area contributed by atoms with Crippen LogP contribution in [0, 0.1) is 0 Å². The summed E-state index contributed by atoms with van der Waals surface area (Å²) in [5.74, 6) is -0.356. The number of nitrogens with zero attached hydrogens (tertiary/aromatic N) is 5. The summed E-state index contributed by atoms with van der Waals surface area (Å²) in [4.78, 5) is 29.7. The van der Waals surface area contributed by atoms with Crippen molar-refractivity contribution in [3.05, 3.63) is 36.0 Å². The van der Waals surface area contributed by atoms with Gasteiger partial charge in [-0.1, -0.05) is 12.1 Å². The molecule has 152 valence electrons. The van der Waals surface area contributed by atoms with Crippen molar-refractivity contribution >= 4 is 29.0 Å². The molecule has 4 rings (SSSR count). The molecule has 0 spiro atoms. The van der Waals surface area contributed by atoms with E-state index in [1.807, 2.05) is 16.7 Å². The molecular formula is C19H21ClN6O3. The first kappa shape index (κ1) is 19.6. The standard InChI is InChI=1S/C19H21ClN6O3/c1-28-19-23-16-17(26(19)7-6-25-8-10-29-11-9-25)22-15(12-21-16)13-2-4-14(5-3-13)18(27)24-20/h2-5,12H,6-11H2,1H3,(H,24,27). The Morgan fingerprint density at radius 3 is 2.66 bits per heavy atom. The van der Waals surface area contributed by atoms with Crippen molar-refractivity contribution in [2.45, 2.75) is 6.54 Å². The van der Waals surface area contributed by atoms with Gasteiger partial charge < -0.3 is 9.47 Å². The number of methoxy groups -OCH3 is 1. The Bertz CT molecular complexity index is 1000. The fourth-order valence-electron chi connectivity index (χ4n) is 3.28. The van der Waals surface area contributed by atoms with Gasteiger partial charge in [-0.25, -0.2) is 9.97 Å². The van der Waals surface area contributed by atoms with E-state index in [0.717, 1.165) is 38.4 Å². The minimum absolute atomic E-state index is 0.356. The highest BCUT2D eigenvalue weighted by atomic mass is 35.5. The first-order valence-electron chi connectivity index (χ1n) is 9.28. The lowest BCUT2D eigenvalue weighted by molar-refractivity contribution is 0.0362. The zero-order valence-electron chi connectivity index (χ0n) is 16.0. The first-order chi connectivity index (χ1) is 14.2. The first-order valence-corrected chi connectivity index (χ1v) is 9.66. The third-order valence-corrected chi connectivity index (χ3v) is 5.05. The molecule has 1 saturated heterocycles. The van der Waals surface area contributed by atoms with Crippen LogP contribution in [0.1, 0.15) is 10.4 Å². The average molecular weight is 417 g/mol. The summed E-state index contributed by atoms with van der Waals surface area (Å²) in [5.41, 5.74) is 3.19.